The van der Waals surface area contributed by atoms with E-state index in [2.05, 4.69) is 38.9 Å². The highest BCUT2D eigenvalue weighted by molar-refractivity contribution is 5.53. The molecule has 1 saturated heterocycles. The van der Waals surface area contributed by atoms with Gasteiger partial charge in [-0.05, 0) is 13.0 Å². The summed E-state index contributed by atoms with van der Waals surface area (Å²) in [5.41, 5.74) is 2.13. The molecule has 1 unspecified atom stereocenters. The predicted octanol–water partition coefficient (Wildman–Crippen LogP) is 3.63. The largest absolute Gasteiger partial charge is 0.481 e. The zero-order valence-corrected chi connectivity index (χ0v) is 17.2. The van der Waals surface area contributed by atoms with E-state index in [-0.39, 0.29) is 12.6 Å². The molecule has 3 aromatic rings. The second-order valence-corrected chi connectivity index (χ2v) is 7.41. The molecule has 154 valence electrons. The first-order valence-electron chi connectivity index (χ1n) is 10.2. The van der Waals surface area contributed by atoms with Crippen molar-refractivity contribution in [3.05, 3.63) is 66.1 Å². The minimum atomic E-state index is 0.0864. The van der Waals surface area contributed by atoms with Gasteiger partial charge in [0.15, 0.2) is 0 Å². The Labute approximate surface area is 177 Å². The highest BCUT2D eigenvalue weighted by Crippen LogP contribution is 2.25. The van der Waals surface area contributed by atoms with Crippen molar-refractivity contribution in [2.45, 2.75) is 19.5 Å². The summed E-state index contributed by atoms with van der Waals surface area (Å²) in [6.45, 7) is 7.08. The fraction of sp³-hybridized carbons (Fsp3) is 0.333. The van der Waals surface area contributed by atoms with Gasteiger partial charge >= 0.3 is 0 Å². The zero-order valence-electron chi connectivity index (χ0n) is 17.2. The van der Waals surface area contributed by atoms with Crippen molar-refractivity contribution in [2.75, 3.05) is 32.8 Å². The van der Waals surface area contributed by atoms with Gasteiger partial charge in [0.25, 0.3) is 0 Å². The van der Waals surface area contributed by atoms with E-state index in [9.17, 15) is 0 Å². The lowest BCUT2D eigenvalue weighted by Crippen LogP contribution is -2.46. The lowest BCUT2D eigenvalue weighted by Gasteiger charge is -2.37. The van der Waals surface area contributed by atoms with E-state index in [4.69, 9.17) is 15.7 Å². The van der Waals surface area contributed by atoms with Gasteiger partial charge in [0.1, 0.15) is 12.4 Å². The third kappa shape index (κ3) is 4.70. The van der Waals surface area contributed by atoms with Crippen LogP contribution in [-0.4, -0.2) is 52.7 Å². The van der Waals surface area contributed by atoms with Crippen LogP contribution in [-0.2, 0) is 6.54 Å². The molecule has 0 N–H and O–H groups in total. The van der Waals surface area contributed by atoms with E-state index in [0.29, 0.717) is 11.7 Å². The number of para-hydroxylation sites is 1. The minimum Gasteiger partial charge on any atom is -0.481 e. The molecule has 1 fully saturated rings. The summed E-state index contributed by atoms with van der Waals surface area (Å²) in [6.07, 6.45) is 5.33. The summed E-state index contributed by atoms with van der Waals surface area (Å²) in [6, 6.07) is 18.1. The molecule has 0 amide bonds. The number of aromatic nitrogens is 2. The number of nitrogens with zero attached hydrogens (tertiary/aromatic N) is 4. The van der Waals surface area contributed by atoms with Crippen molar-refractivity contribution < 1.29 is 9.26 Å². The third-order valence-corrected chi connectivity index (χ3v) is 5.46. The molecule has 30 heavy (non-hydrogen) atoms. The second kappa shape index (κ2) is 9.57. The van der Waals surface area contributed by atoms with Crippen LogP contribution in [0.5, 0.6) is 5.75 Å². The fourth-order valence-electron chi connectivity index (χ4n) is 3.71. The normalized spacial score (nSPS) is 16.1. The predicted molar refractivity (Wildman–Crippen MR) is 116 cm³/mol. The molecule has 0 saturated carbocycles. The number of terminal acetylenes is 1. The lowest BCUT2D eigenvalue weighted by atomic mass is 10.1. The maximum absolute atomic E-state index is 5.68. The molecule has 0 bridgehead atoms. The Balaban J connectivity index is 1.34. The molecule has 1 atom stereocenters. The number of piperazine rings is 1. The van der Waals surface area contributed by atoms with Gasteiger partial charge in [-0.15, -0.1) is 6.42 Å². The maximum Gasteiger partial charge on any atom is 0.244 e. The van der Waals surface area contributed by atoms with Crippen LogP contribution in [0.3, 0.4) is 0 Å². The SMILES string of the molecule is C#CCOc1ccccc1CN1CCN(C(C)c2nc(-c3ccccc3)no2)CC1. The molecule has 1 aliphatic rings. The highest BCUT2D eigenvalue weighted by Gasteiger charge is 2.26. The van der Waals surface area contributed by atoms with E-state index in [1.807, 2.05) is 48.5 Å². The van der Waals surface area contributed by atoms with Crippen LogP contribution in [0.25, 0.3) is 11.4 Å². The number of benzene rings is 2. The molecule has 0 aliphatic carbocycles. The fourth-order valence-corrected chi connectivity index (χ4v) is 3.71. The molecule has 6 heteroatoms. The average Bonchev–Trinajstić information content (AvgIpc) is 3.29. The van der Waals surface area contributed by atoms with Crippen molar-refractivity contribution in [3.63, 3.8) is 0 Å². The Kier molecular flexibility index (Phi) is 6.43. The van der Waals surface area contributed by atoms with Crippen LogP contribution in [0.4, 0.5) is 0 Å². The molecule has 4 rings (SSSR count). The first kappa shape index (κ1) is 20.1. The Morgan fingerprint density at radius 1 is 1.07 bits per heavy atom. The van der Waals surface area contributed by atoms with Gasteiger partial charge in [-0.3, -0.25) is 9.80 Å². The van der Waals surface area contributed by atoms with E-state index >= 15 is 0 Å². The number of hydrogen-bond acceptors (Lipinski definition) is 6. The van der Waals surface area contributed by atoms with E-state index in [1.54, 1.807) is 0 Å². The smallest absolute Gasteiger partial charge is 0.244 e. The van der Waals surface area contributed by atoms with Crippen molar-refractivity contribution in [3.8, 4) is 29.5 Å². The van der Waals surface area contributed by atoms with Crippen LogP contribution < -0.4 is 4.74 Å². The van der Waals surface area contributed by atoms with Crippen LogP contribution in [0.15, 0.2) is 59.1 Å². The first-order chi connectivity index (χ1) is 14.7. The Morgan fingerprint density at radius 3 is 2.57 bits per heavy atom. The summed E-state index contributed by atoms with van der Waals surface area (Å²) >= 11 is 0. The standard InChI is InChI=1S/C24H26N4O2/c1-3-17-29-22-12-8-7-11-21(22)18-27-13-15-28(16-14-27)19(2)24-25-23(26-30-24)20-9-5-4-6-10-20/h1,4-12,19H,13-18H2,2H3. The molecule has 1 aromatic heterocycles. The highest BCUT2D eigenvalue weighted by atomic mass is 16.5. The number of rotatable bonds is 7. The quantitative estimate of drug-likeness (QED) is 0.563. The first-order valence-corrected chi connectivity index (χ1v) is 10.2. The van der Waals surface area contributed by atoms with Gasteiger partial charge in [0.2, 0.25) is 11.7 Å². The average molecular weight is 402 g/mol. The molecule has 6 nitrogen and oxygen atoms in total. The van der Waals surface area contributed by atoms with Gasteiger partial charge in [0, 0.05) is 43.9 Å². The van der Waals surface area contributed by atoms with Crippen LogP contribution in [0.1, 0.15) is 24.4 Å². The molecule has 1 aliphatic heterocycles. The van der Waals surface area contributed by atoms with Crippen LogP contribution in [0.2, 0.25) is 0 Å². The van der Waals surface area contributed by atoms with E-state index < -0.39 is 0 Å². The van der Waals surface area contributed by atoms with Gasteiger partial charge in [-0.25, -0.2) is 0 Å². The molecular weight excluding hydrogens is 376 g/mol. The van der Waals surface area contributed by atoms with Crippen LogP contribution >= 0.6 is 0 Å². The minimum absolute atomic E-state index is 0.0864. The van der Waals surface area contributed by atoms with Crippen molar-refractivity contribution in [1.82, 2.24) is 19.9 Å². The van der Waals surface area contributed by atoms with Crippen molar-refractivity contribution >= 4 is 0 Å². The second-order valence-electron chi connectivity index (χ2n) is 7.41. The Bertz CT molecular complexity index is 988. The topological polar surface area (TPSA) is 54.6 Å². The molecular formula is C24H26N4O2. The Morgan fingerprint density at radius 2 is 1.80 bits per heavy atom. The van der Waals surface area contributed by atoms with Gasteiger partial charge in [0.05, 0.1) is 6.04 Å². The lowest BCUT2D eigenvalue weighted by molar-refractivity contribution is 0.0840. The maximum atomic E-state index is 5.68. The molecule has 0 spiro atoms. The van der Waals surface area contributed by atoms with Crippen LogP contribution in [0, 0.1) is 12.3 Å². The van der Waals surface area contributed by atoms with Gasteiger partial charge in [-0.2, -0.15) is 4.98 Å². The summed E-state index contributed by atoms with van der Waals surface area (Å²) < 4.78 is 11.2. The molecule has 2 heterocycles. The summed E-state index contributed by atoms with van der Waals surface area (Å²) in [5.74, 6) is 4.70. The number of hydrogen-bond donors (Lipinski definition) is 0. The monoisotopic (exact) mass is 402 g/mol. The van der Waals surface area contributed by atoms with Gasteiger partial charge in [-0.1, -0.05) is 59.6 Å². The third-order valence-electron chi connectivity index (χ3n) is 5.46. The van der Waals surface area contributed by atoms with E-state index in [1.165, 1.54) is 5.56 Å². The van der Waals surface area contributed by atoms with Crippen molar-refractivity contribution in [2.24, 2.45) is 0 Å². The summed E-state index contributed by atoms with van der Waals surface area (Å²) in [5, 5.41) is 4.16. The Hall–Kier alpha value is -3.14. The molecule has 2 aromatic carbocycles. The zero-order chi connectivity index (χ0) is 20.8. The molecule has 0 radical (unpaired) electrons. The van der Waals surface area contributed by atoms with Crippen molar-refractivity contribution in [1.29, 1.82) is 0 Å². The van der Waals surface area contributed by atoms with Gasteiger partial charge < -0.3 is 9.26 Å². The number of ether oxygens (including phenoxy) is 1. The van der Waals surface area contributed by atoms with E-state index in [0.717, 1.165) is 44.0 Å². The summed E-state index contributed by atoms with van der Waals surface area (Å²) in [7, 11) is 0. The summed E-state index contributed by atoms with van der Waals surface area (Å²) in [4.78, 5) is 9.44.